The third-order valence-electron chi connectivity index (χ3n) is 3.03. The van der Waals surface area contributed by atoms with Crippen molar-refractivity contribution in [1.82, 2.24) is 10.6 Å². The van der Waals surface area contributed by atoms with Gasteiger partial charge in [0, 0.05) is 12.6 Å². The van der Waals surface area contributed by atoms with Crippen molar-refractivity contribution in [2.45, 2.75) is 33.2 Å². The fraction of sp³-hybridized carbons (Fsp3) is 0.467. The Morgan fingerprint density at radius 1 is 1.21 bits per heavy atom. The molecule has 1 aromatic carbocycles. The molecule has 0 spiro atoms. The van der Waals surface area contributed by atoms with Crippen LogP contribution in [0.5, 0.6) is 0 Å². The van der Waals surface area contributed by atoms with E-state index >= 15 is 0 Å². The van der Waals surface area contributed by atoms with Crippen LogP contribution in [0.25, 0.3) is 0 Å². The summed E-state index contributed by atoms with van der Waals surface area (Å²) in [4.78, 5) is 15.8. The number of guanidine groups is 1. The number of amides is 1. The highest BCUT2D eigenvalue weighted by atomic mass is 127. The molecule has 0 aliphatic rings. The molecule has 5 nitrogen and oxygen atoms in total. The Morgan fingerprint density at radius 3 is 2.46 bits per heavy atom. The normalized spacial score (nSPS) is 12.2. The van der Waals surface area contributed by atoms with E-state index in [1.807, 2.05) is 20.8 Å². The number of carbonyl (C=O) groups is 1. The molecule has 136 valence electrons. The molecule has 0 aliphatic carbocycles. The van der Waals surface area contributed by atoms with Crippen molar-refractivity contribution >= 4 is 41.5 Å². The number of halogens is 4. The molecule has 0 saturated heterocycles. The number of aliphatic imine (C=N–C) groups is 1. The molecular formula is C15H22F3IN4O. The summed E-state index contributed by atoms with van der Waals surface area (Å²) in [5.41, 5.74) is -0.427. The molecule has 1 aromatic rings. The van der Waals surface area contributed by atoms with Gasteiger partial charge < -0.3 is 16.0 Å². The summed E-state index contributed by atoms with van der Waals surface area (Å²) >= 11 is 0. The fourth-order valence-corrected chi connectivity index (χ4v) is 1.62. The molecule has 9 heteroatoms. The molecule has 0 radical (unpaired) electrons. The summed E-state index contributed by atoms with van der Waals surface area (Å²) in [6.07, 6.45) is 0.872. The molecule has 0 aliphatic heterocycles. The number of carbonyl (C=O) groups excluding carboxylic acids is 1. The van der Waals surface area contributed by atoms with E-state index in [1.165, 1.54) is 0 Å². The molecule has 1 unspecified atom stereocenters. The van der Waals surface area contributed by atoms with Crippen LogP contribution in [0, 0.1) is 17.5 Å². The lowest BCUT2D eigenvalue weighted by atomic mass is 10.2. The second-order valence-electron chi connectivity index (χ2n) is 4.92. The smallest absolute Gasteiger partial charge is 0.246 e. The van der Waals surface area contributed by atoms with E-state index in [-0.39, 0.29) is 36.6 Å². The molecule has 0 fully saturated rings. The average molecular weight is 458 g/mol. The van der Waals surface area contributed by atoms with Crippen LogP contribution in [0.2, 0.25) is 0 Å². The van der Waals surface area contributed by atoms with Gasteiger partial charge in [0.25, 0.3) is 0 Å². The number of benzene rings is 1. The van der Waals surface area contributed by atoms with Crippen LogP contribution < -0.4 is 16.0 Å². The molecule has 1 rings (SSSR count). The van der Waals surface area contributed by atoms with Gasteiger partial charge in [0.1, 0.15) is 6.54 Å². The van der Waals surface area contributed by atoms with Crippen molar-refractivity contribution < 1.29 is 18.0 Å². The summed E-state index contributed by atoms with van der Waals surface area (Å²) in [5.74, 6) is -4.57. The topological polar surface area (TPSA) is 65.5 Å². The first-order valence-electron chi connectivity index (χ1n) is 7.37. The minimum absolute atomic E-state index is 0. The van der Waals surface area contributed by atoms with Crippen LogP contribution >= 0.6 is 24.0 Å². The Balaban J connectivity index is 0.00000529. The van der Waals surface area contributed by atoms with Crippen molar-refractivity contribution in [3.05, 3.63) is 29.6 Å². The molecule has 1 amide bonds. The van der Waals surface area contributed by atoms with Crippen molar-refractivity contribution in [2.24, 2.45) is 4.99 Å². The van der Waals surface area contributed by atoms with Crippen molar-refractivity contribution in [2.75, 3.05) is 18.4 Å². The highest BCUT2D eigenvalue weighted by molar-refractivity contribution is 14.0. The fourth-order valence-electron chi connectivity index (χ4n) is 1.62. The number of nitrogens with one attached hydrogen (secondary N) is 3. The Kier molecular flexibility index (Phi) is 10.4. The summed E-state index contributed by atoms with van der Waals surface area (Å²) in [5, 5.41) is 8.22. The zero-order valence-corrected chi connectivity index (χ0v) is 16.1. The maximum absolute atomic E-state index is 13.5. The maximum Gasteiger partial charge on any atom is 0.246 e. The Morgan fingerprint density at radius 2 is 1.88 bits per heavy atom. The van der Waals surface area contributed by atoms with E-state index in [0.29, 0.717) is 12.5 Å². The van der Waals surface area contributed by atoms with Gasteiger partial charge in [-0.2, -0.15) is 0 Å². The van der Waals surface area contributed by atoms with Crippen molar-refractivity contribution in [1.29, 1.82) is 0 Å². The van der Waals surface area contributed by atoms with Crippen LogP contribution in [0.1, 0.15) is 27.2 Å². The Bertz CT molecular complexity index is 584. The summed E-state index contributed by atoms with van der Waals surface area (Å²) in [6, 6.07) is 1.86. The van der Waals surface area contributed by atoms with Gasteiger partial charge in [-0.1, -0.05) is 6.92 Å². The summed E-state index contributed by atoms with van der Waals surface area (Å²) in [6.45, 7) is 6.17. The molecule has 3 N–H and O–H groups in total. The Labute approximate surface area is 156 Å². The van der Waals surface area contributed by atoms with Gasteiger partial charge in [-0.05, 0) is 32.4 Å². The first-order chi connectivity index (χ1) is 10.9. The van der Waals surface area contributed by atoms with Crippen molar-refractivity contribution in [3.8, 4) is 0 Å². The van der Waals surface area contributed by atoms with Crippen LogP contribution in [0.3, 0.4) is 0 Å². The van der Waals surface area contributed by atoms with Crippen molar-refractivity contribution in [3.63, 3.8) is 0 Å². The predicted octanol–water partition coefficient (Wildman–Crippen LogP) is 3.01. The lowest BCUT2D eigenvalue weighted by Gasteiger charge is -2.16. The van der Waals surface area contributed by atoms with Gasteiger partial charge in [0.2, 0.25) is 5.91 Å². The number of anilines is 1. The maximum atomic E-state index is 13.5. The highest BCUT2D eigenvalue weighted by Crippen LogP contribution is 2.19. The van der Waals surface area contributed by atoms with Crippen LogP contribution in [-0.4, -0.2) is 31.0 Å². The van der Waals surface area contributed by atoms with Gasteiger partial charge in [-0.3, -0.25) is 4.79 Å². The quantitative estimate of drug-likeness (QED) is 0.266. The number of hydrogen-bond acceptors (Lipinski definition) is 2. The predicted molar refractivity (Wildman–Crippen MR) is 99.2 cm³/mol. The van der Waals surface area contributed by atoms with E-state index in [4.69, 9.17) is 0 Å². The lowest BCUT2D eigenvalue weighted by Crippen LogP contribution is -2.42. The second kappa shape index (κ2) is 11.1. The molecule has 24 heavy (non-hydrogen) atoms. The molecule has 0 bridgehead atoms. The van der Waals surface area contributed by atoms with Gasteiger partial charge in [0.15, 0.2) is 23.4 Å². The van der Waals surface area contributed by atoms with Gasteiger partial charge in [-0.25, -0.2) is 18.2 Å². The number of nitrogens with zero attached hydrogens (tertiary/aromatic N) is 1. The van der Waals surface area contributed by atoms with E-state index in [0.717, 1.165) is 18.6 Å². The second-order valence-corrected chi connectivity index (χ2v) is 4.92. The monoisotopic (exact) mass is 458 g/mol. The largest absolute Gasteiger partial charge is 0.357 e. The first kappa shape index (κ1) is 22.5. The van der Waals surface area contributed by atoms with E-state index in [9.17, 15) is 18.0 Å². The van der Waals surface area contributed by atoms with Gasteiger partial charge in [0.05, 0.1) is 5.69 Å². The molecule has 0 saturated carbocycles. The average Bonchev–Trinajstić information content (AvgIpc) is 2.53. The number of hydrogen-bond donors (Lipinski definition) is 3. The summed E-state index contributed by atoms with van der Waals surface area (Å²) < 4.78 is 39.4. The number of rotatable bonds is 6. The first-order valence-corrected chi connectivity index (χ1v) is 7.37. The van der Waals surface area contributed by atoms with E-state index in [1.54, 1.807) is 0 Å². The third kappa shape index (κ3) is 6.93. The van der Waals surface area contributed by atoms with Crippen LogP contribution in [0.15, 0.2) is 17.1 Å². The zero-order chi connectivity index (χ0) is 17.4. The molecular weight excluding hydrogens is 436 g/mol. The molecule has 1 atom stereocenters. The molecule has 0 aromatic heterocycles. The van der Waals surface area contributed by atoms with E-state index in [2.05, 4.69) is 20.9 Å². The van der Waals surface area contributed by atoms with Crippen LogP contribution in [0.4, 0.5) is 18.9 Å². The highest BCUT2D eigenvalue weighted by Gasteiger charge is 2.15. The Hall–Kier alpha value is -1.52. The minimum atomic E-state index is -1.63. The van der Waals surface area contributed by atoms with Crippen LogP contribution in [-0.2, 0) is 4.79 Å². The van der Waals surface area contributed by atoms with E-state index < -0.39 is 29.0 Å². The zero-order valence-electron chi connectivity index (χ0n) is 13.8. The van der Waals surface area contributed by atoms with Gasteiger partial charge in [-0.15, -0.1) is 24.0 Å². The SMILES string of the molecule is CCNC(=NCC(=O)Nc1ccc(F)c(F)c1F)NC(C)CC.I. The summed E-state index contributed by atoms with van der Waals surface area (Å²) in [7, 11) is 0. The lowest BCUT2D eigenvalue weighted by molar-refractivity contribution is -0.114. The van der Waals surface area contributed by atoms with Gasteiger partial charge >= 0.3 is 0 Å². The third-order valence-corrected chi connectivity index (χ3v) is 3.03. The molecule has 0 heterocycles. The minimum Gasteiger partial charge on any atom is -0.357 e. The standard InChI is InChI=1S/C15H21F3N4O.HI/c1-4-9(3)21-15(19-5-2)20-8-12(23)22-11-7-6-10(16)13(17)14(11)18;/h6-7,9H,4-5,8H2,1-3H3,(H,22,23)(H2,19,20,21);1H.